The van der Waals surface area contributed by atoms with Gasteiger partial charge in [-0.15, -0.1) is 0 Å². The predicted octanol–water partition coefficient (Wildman–Crippen LogP) is 3.96. The minimum atomic E-state index is 1.03. The molecule has 0 amide bonds. The molecule has 0 aliphatic carbocycles. The van der Waals surface area contributed by atoms with Crippen molar-refractivity contribution in [2.75, 3.05) is 0 Å². The number of hydrogen-bond acceptors (Lipinski definition) is 0. The van der Waals surface area contributed by atoms with E-state index in [1.807, 2.05) is 0 Å². The van der Waals surface area contributed by atoms with E-state index in [9.17, 15) is 0 Å². The summed E-state index contributed by atoms with van der Waals surface area (Å²) < 4.78 is 0. The maximum Gasteiger partial charge on any atom is -0.0102 e. The molecular weight excluding hydrogens is 168 g/mol. The second kappa shape index (κ2) is 4.10. The smallest absolute Gasteiger partial charge is 0.0102 e. The highest BCUT2D eigenvalue weighted by Crippen LogP contribution is 2.18. The molecule has 0 aliphatic heterocycles. The Hall–Kier alpha value is -1.56. The van der Waals surface area contributed by atoms with Crippen LogP contribution in [0.2, 0.25) is 0 Å². The molecule has 0 nitrogen and oxygen atoms in total. The van der Waals surface area contributed by atoms with E-state index in [2.05, 4.69) is 61.5 Å². The van der Waals surface area contributed by atoms with Gasteiger partial charge in [0.15, 0.2) is 0 Å². The van der Waals surface area contributed by atoms with Gasteiger partial charge in [-0.05, 0) is 28.8 Å². The normalized spacial score (nSPS) is 11.2. The summed E-state index contributed by atoms with van der Waals surface area (Å²) in [5.74, 6) is 0. The third kappa shape index (κ3) is 1.69. The van der Waals surface area contributed by atoms with Gasteiger partial charge < -0.3 is 0 Å². The molecule has 0 heteroatoms. The van der Waals surface area contributed by atoms with Crippen LogP contribution in [0.3, 0.4) is 0 Å². The Morgan fingerprint density at radius 3 is 2.71 bits per heavy atom. The van der Waals surface area contributed by atoms with E-state index in [-0.39, 0.29) is 0 Å². The molecule has 14 heavy (non-hydrogen) atoms. The average Bonchev–Trinajstić information content (AvgIpc) is 2.26. The van der Waals surface area contributed by atoms with Crippen molar-refractivity contribution in [1.29, 1.82) is 0 Å². The first-order chi connectivity index (χ1) is 6.92. The minimum absolute atomic E-state index is 1.03. The third-order valence-corrected chi connectivity index (χ3v) is 2.25. The zero-order chi connectivity index (χ0) is 9.80. The largest absolute Gasteiger partial charge is 0.0763 e. The van der Waals surface area contributed by atoms with Crippen LogP contribution in [0.1, 0.15) is 18.9 Å². The van der Waals surface area contributed by atoms with Gasteiger partial charge in [0.1, 0.15) is 0 Å². The number of hydrogen-bond donors (Lipinski definition) is 0. The first-order valence-electron chi connectivity index (χ1n) is 4.98. The van der Waals surface area contributed by atoms with Gasteiger partial charge in [0.05, 0.1) is 0 Å². The summed E-state index contributed by atoms with van der Waals surface area (Å²) in [6.07, 6.45) is 6.41. The summed E-state index contributed by atoms with van der Waals surface area (Å²) in [5, 5.41) is 2.56. The molecular formula is C14H13. The van der Waals surface area contributed by atoms with E-state index >= 15 is 0 Å². The van der Waals surface area contributed by atoms with Crippen LogP contribution in [0.15, 0.2) is 48.5 Å². The van der Waals surface area contributed by atoms with E-state index < -0.39 is 0 Å². The lowest BCUT2D eigenvalue weighted by molar-refractivity contribution is 1.21. The first-order valence-corrected chi connectivity index (χ1v) is 4.98. The van der Waals surface area contributed by atoms with Gasteiger partial charge in [-0.25, -0.2) is 0 Å². The van der Waals surface area contributed by atoms with E-state index in [1.54, 1.807) is 0 Å². The van der Waals surface area contributed by atoms with Crippen LogP contribution in [-0.4, -0.2) is 0 Å². The topological polar surface area (TPSA) is 0 Å². The Bertz CT molecular complexity index is 447. The molecule has 0 fully saturated rings. The van der Waals surface area contributed by atoms with Crippen LogP contribution < -0.4 is 0 Å². The van der Waals surface area contributed by atoms with Crippen molar-refractivity contribution in [3.8, 4) is 0 Å². The van der Waals surface area contributed by atoms with Gasteiger partial charge in [0, 0.05) is 0 Å². The lowest BCUT2D eigenvalue weighted by atomic mass is 10.0. The molecule has 0 saturated carbocycles. The Morgan fingerprint density at radius 2 is 1.86 bits per heavy atom. The molecule has 2 rings (SSSR count). The van der Waals surface area contributed by atoms with Crippen LogP contribution in [0.25, 0.3) is 10.8 Å². The van der Waals surface area contributed by atoms with Crippen LogP contribution in [-0.2, 0) is 0 Å². The standard InChI is InChI=1S/C14H13/c1-2-3-7-12-9-6-10-13-8-4-5-11-14(12)13/h3-6,8-11H,2H2,1H3. The van der Waals surface area contributed by atoms with Crippen molar-refractivity contribution in [2.24, 2.45) is 0 Å². The van der Waals surface area contributed by atoms with Gasteiger partial charge in [0.2, 0.25) is 0 Å². The number of benzene rings is 2. The zero-order valence-corrected chi connectivity index (χ0v) is 8.33. The predicted molar refractivity (Wildman–Crippen MR) is 61.2 cm³/mol. The van der Waals surface area contributed by atoms with Crippen molar-refractivity contribution < 1.29 is 0 Å². The van der Waals surface area contributed by atoms with E-state index in [0.717, 1.165) is 6.42 Å². The van der Waals surface area contributed by atoms with Gasteiger partial charge >= 0.3 is 0 Å². The third-order valence-electron chi connectivity index (χ3n) is 2.25. The first kappa shape index (κ1) is 9.01. The molecule has 1 radical (unpaired) electrons. The van der Waals surface area contributed by atoms with Gasteiger partial charge in [-0.3, -0.25) is 0 Å². The highest BCUT2D eigenvalue weighted by atomic mass is 14.0. The molecule has 0 aliphatic rings. The van der Waals surface area contributed by atoms with Crippen molar-refractivity contribution in [2.45, 2.75) is 13.3 Å². The molecule has 2 aromatic carbocycles. The molecule has 0 spiro atoms. The Balaban J connectivity index is 2.59. The molecule has 0 atom stereocenters. The van der Waals surface area contributed by atoms with E-state index in [4.69, 9.17) is 0 Å². The zero-order valence-electron chi connectivity index (χ0n) is 8.33. The highest BCUT2D eigenvalue weighted by Gasteiger charge is 1.95. The molecule has 69 valence electrons. The number of allylic oxidation sites excluding steroid dienone is 1. The Kier molecular flexibility index (Phi) is 2.64. The van der Waals surface area contributed by atoms with Gasteiger partial charge in [-0.2, -0.15) is 0 Å². The van der Waals surface area contributed by atoms with Crippen LogP contribution in [0.5, 0.6) is 0 Å². The fraction of sp³-hybridized carbons (Fsp3) is 0.143. The lowest BCUT2D eigenvalue weighted by Crippen LogP contribution is -1.78. The highest BCUT2D eigenvalue weighted by molar-refractivity contribution is 5.86. The molecule has 0 heterocycles. The molecule has 0 N–H and O–H groups in total. The van der Waals surface area contributed by atoms with Crippen molar-refractivity contribution in [3.63, 3.8) is 0 Å². The summed E-state index contributed by atoms with van der Waals surface area (Å²) >= 11 is 0. The number of rotatable bonds is 2. The fourth-order valence-electron chi connectivity index (χ4n) is 1.56. The molecule has 0 unspecified atom stereocenters. The Labute approximate surface area is 84.9 Å². The van der Waals surface area contributed by atoms with Gasteiger partial charge in [0.25, 0.3) is 0 Å². The van der Waals surface area contributed by atoms with E-state index in [0.29, 0.717) is 0 Å². The molecule has 0 saturated heterocycles. The maximum absolute atomic E-state index is 3.31. The summed E-state index contributed by atoms with van der Waals surface area (Å²) in [4.78, 5) is 0. The van der Waals surface area contributed by atoms with E-state index in [1.165, 1.54) is 16.3 Å². The quantitative estimate of drug-likeness (QED) is 0.658. The maximum atomic E-state index is 3.31. The average molecular weight is 181 g/mol. The summed E-state index contributed by atoms with van der Waals surface area (Å²) in [7, 11) is 0. The SMILES string of the molecule is CC/C=[C]\c1cccc2ccccc12. The van der Waals surface area contributed by atoms with Crippen molar-refractivity contribution >= 4 is 10.8 Å². The summed E-state index contributed by atoms with van der Waals surface area (Å²) in [5.41, 5.74) is 1.19. The molecule has 0 aromatic heterocycles. The van der Waals surface area contributed by atoms with Crippen molar-refractivity contribution in [3.05, 3.63) is 60.2 Å². The second-order valence-electron chi connectivity index (χ2n) is 3.28. The van der Waals surface area contributed by atoms with Gasteiger partial charge in [-0.1, -0.05) is 55.5 Å². The second-order valence-corrected chi connectivity index (χ2v) is 3.28. The molecule has 0 bridgehead atoms. The van der Waals surface area contributed by atoms with Crippen molar-refractivity contribution in [1.82, 2.24) is 0 Å². The summed E-state index contributed by atoms with van der Waals surface area (Å²) in [6.45, 7) is 2.12. The van der Waals surface area contributed by atoms with Crippen LogP contribution in [0.4, 0.5) is 0 Å². The lowest BCUT2D eigenvalue weighted by Gasteiger charge is -2.00. The number of fused-ring (bicyclic) bond motifs is 1. The fourth-order valence-corrected chi connectivity index (χ4v) is 1.56. The Morgan fingerprint density at radius 1 is 1.07 bits per heavy atom. The minimum Gasteiger partial charge on any atom is -0.0763 e. The summed E-state index contributed by atoms with van der Waals surface area (Å²) in [6, 6.07) is 14.7. The van der Waals surface area contributed by atoms with Crippen LogP contribution in [0, 0.1) is 6.08 Å². The monoisotopic (exact) mass is 181 g/mol. The van der Waals surface area contributed by atoms with Crippen LogP contribution >= 0.6 is 0 Å². The molecule has 2 aromatic rings.